The van der Waals surface area contributed by atoms with E-state index < -0.39 is 0 Å². The van der Waals surface area contributed by atoms with E-state index in [0.29, 0.717) is 6.54 Å². The summed E-state index contributed by atoms with van der Waals surface area (Å²) in [6, 6.07) is 6.20. The standard InChI is InChI=1S/C13H20N4/c1-4-17(9-10(2)7-14)13-6-5-12(8-16-13)11(3)15/h5-6,8,10-11H,4,9,15H2,1-3H3/t10?,11-/m0/s1. The van der Waals surface area contributed by atoms with Crippen LogP contribution in [-0.4, -0.2) is 18.1 Å². The molecule has 0 amide bonds. The van der Waals surface area contributed by atoms with Gasteiger partial charge in [-0.1, -0.05) is 6.07 Å². The lowest BCUT2D eigenvalue weighted by atomic mass is 10.1. The molecule has 0 bridgehead atoms. The van der Waals surface area contributed by atoms with E-state index in [4.69, 9.17) is 11.0 Å². The predicted octanol–water partition coefficient (Wildman–Crippen LogP) is 2.09. The Morgan fingerprint density at radius 2 is 2.18 bits per heavy atom. The molecule has 0 aliphatic heterocycles. The SMILES string of the molecule is CCN(CC(C)C#N)c1ccc([C@H](C)N)cn1. The minimum absolute atomic E-state index is 0.00431. The van der Waals surface area contributed by atoms with E-state index in [-0.39, 0.29) is 12.0 Å². The van der Waals surface area contributed by atoms with Gasteiger partial charge in [-0.25, -0.2) is 4.98 Å². The molecule has 0 saturated carbocycles. The monoisotopic (exact) mass is 232 g/mol. The van der Waals surface area contributed by atoms with Crippen molar-refractivity contribution in [3.63, 3.8) is 0 Å². The zero-order valence-electron chi connectivity index (χ0n) is 10.7. The van der Waals surface area contributed by atoms with Crippen molar-refractivity contribution in [2.45, 2.75) is 26.8 Å². The first-order chi connectivity index (χ1) is 8.08. The summed E-state index contributed by atoms with van der Waals surface area (Å²) in [6.45, 7) is 7.46. The Morgan fingerprint density at radius 3 is 2.59 bits per heavy atom. The van der Waals surface area contributed by atoms with Crippen LogP contribution in [0.1, 0.15) is 32.4 Å². The van der Waals surface area contributed by atoms with Crippen LogP contribution in [-0.2, 0) is 0 Å². The number of hydrogen-bond acceptors (Lipinski definition) is 4. The molecule has 1 heterocycles. The number of hydrogen-bond donors (Lipinski definition) is 1. The third-order valence-corrected chi connectivity index (χ3v) is 2.72. The summed E-state index contributed by atoms with van der Waals surface area (Å²) in [7, 11) is 0. The van der Waals surface area contributed by atoms with Crippen molar-refractivity contribution < 1.29 is 0 Å². The van der Waals surface area contributed by atoms with E-state index in [2.05, 4.69) is 22.9 Å². The summed E-state index contributed by atoms with van der Waals surface area (Å²) in [5, 5.41) is 8.83. The first-order valence-corrected chi connectivity index (χ1v) is 5.94. The van der Waals surface area contributed by atoms with Gasteiger partial charge in [0.05, 0.1) is 12.0 Å². The molecule has 0 saturated heterocycles. The molecule has 1 unspecified atom stereocenters. The van der Waals surface area contributed by atoms with Crippen LogP contribution in [0, 0.1) is 17.2 Å². The number of aromatic nitrogens is 1. The number of rotatable bonds is 5. The molecule has 0 radical (unpaired) electrons. The molecule has 92 valence electrons. The van der Waals surface area contributed by atoms with Gasteiger partial charge >= 0.3 is 0 Å². The second-order valence-corrected chi connectivity index (χ2v) is 4.31. The van der Waals surface area contributed by atoms with E-state index in [1.807, 2.05) is 26.0 Å². The van der Waals surface area contributed by atoms with E-state index in [0.717, 1.165) is 17.9 Å². The maximum absolute atomic E-state index is 8.83. The molecule has 17 heavy (non-hydrogen) atoms. The minimum Gasteiger partial charge on any atom is -0.356 e. The van der Waals surface area contributed by atoms with Crippen molar-refractivity contribution in [1.82, 2.24) is 4.98 Å². The van der Waals surface area contributed by atoms with Gasteiger partial charge in [-0.3, -0.25) is 0 Å². The Morgan fingerprint density at radius 1 is 1.47 bits per heavy atom. The third kappa shape index (κ3) is 3.72. The maximum atomic E-state index is 8.83. The molecule has 2 atom stereocenters. The number of nitrogens with zero attached hydrogens (tertiary/aromatic N) is 3. The summed E-state index contributed by atoms with van der Waals surface area (Å²) in [5.41, 5.74) is 6.80. The van der Waals surface area contributed by atoms with E-state index >= 15 is 0 Å². The quantitative estimate of drug-likeness (QED) is 0.844. The fourth-order valence-corrected chi connectivity index (χ4v) is 1.61. The summed E-state index contributed by atoms with van der Waals surface area (Å²) in [5.74, 6) is 0.906. The Hall–Kier alpha value is -1.60. The van der Waals surface area contributed by atoms with Crippen LogP contribution in [0.5, 0.6) is 0 Å². The molecule has 4 heteroatoms. The van der Waals surface area contributed by atoms with Gasteiger partial charge in [-0.15, -0.1) is 0 Å². The average molecular weight is 232 g/mol. The lowest BCUT2D eigenvalue weighted by molar-refractivity contribution is 0.678. The van der Waals surface area contributed by atoms with Crippen molar-refractivity contribution in [2.75, 3.05) is 18.0 Å². The van der Waals surface area contributed by atoms with Crippen LogP contribution >= 0.6 is 0 Å². The van der Waals surface area contributed by atoms with E-state index in [1.165, 1.54) is 0 Å². The van der Waals surface area contributed by atoms with Crippen molar-refractivity contribution in [3.05, 3.63) is 23.9 Å². The highest BCUT2D eigenvalue weighted by Gasteiger charge is 2.10. The van der Waals surface area contributed by atoms with Crippen LogP contribution < -0.4 is 10.6 Å². The molecule has 1 rings (SSSR count). The Balaban J connectivity index is 2.79. The average Bonchev–Trinajstić information content (AvgIpc) is 2.35. The van der Waals surface area contributed by atoms with E-state index in [1.54, 1.807) is 6.20 Å². The largest absolute Gasteiger partial charge is 0.356 e. The lowest BCUT2D eigenvalue weighted by Crippen LogP contribution is -2.28. The number of pyridine rings is 1. The predicted molar refractivity (Wildman–Crippen MR) is 69.5 cm³/mol. The summed E-state index contributed by atoms with van der Waals surface area (Å²) in [6.07, 6.45) is 1.81. The highest BCUT2D eigenvalue weighted by molar-refractivity contribution is 5.39. The van der Waals surface area contributed by atoms with Gasteiger partial charge < -0.3 is 10.6 Å². The molecule has 4 nitrogen and oxygen atoms in total. The number of nitrogens with two attached hydrogens (primary N) is 1. The molecule has 1 aromatic heterocycles. The molecule has 1 aromatic rings. The first kappa shape index (κ1) is 13.5. The topological polar surface area (TPSA) is 65.9 Å². The maximum Gasteiger partial charge on any atom is 0.128 e. The molecular formula is C13H20N4. The molecule has 0 aliphatic carbocycles. The molecule has 0 spiro atoms. The van der Waals surface area contributed by atoms with Gasteiger partial charge in [-0.05, 0) is 32.4 Å². The van der Waals surface area contributed by atoms with Gasteiger partial charge in [0.2, 0.25) is 0 Å². The van der Waals surface area contributed by atoms with Gasteiger partial charge in [-0.2, -0.15) is 5.26 Å². The summed E-state index contributed by atoms with van der Waals surface area (Å²) >= 11 is 0. The lowest BCUT2D eigenvalue weighted by Gasteiger charge is -2.23. The first-order valence-electron chi connectivity index (χ1n) is 5.94. The minimum atomic E-state index is 0.00431. The van der Waals surface area contributed by atoms with E-state index in [9.17, 15) is 0 Å². The van der Waals surface area contributed by atoms with Gasteiger partial charge in [0.1, 0.15) is 5.82 Å². The zero-order chi connectivity index (χ0) is 12.8. The normalized spacial score (nSPS) is 13.8. The third-order valence-electron chi connectivity index (χ3n) is 2.72. The second-order valence-electron chi connectivity index (χ2n) is 4.31. The summed E-state index contributed by atoms with van der Waals surface area (Å²) in [4.78, 5) is 6.49. The zero-order valence-corrected chi connectivity index (χ0v) is 10.7. The van der Waals surface area contributed by atoms with Crippen molar-refractivity contribution >= 4 is 5.82 Å². The molecule has 2 N–H and O–H groups in total. The number of nitriles is 1. The van der Waals surface area contributed by atoms with Gasteiger partial charge in [0, 0.05) is 25.3 Å². The highest BCUT2D eigenvalue weighted by Crippen LogP contribution is 2.15. The van der Waals surface area contributed by atoms with Crippen molar-refractivity contribution in [2.24, 2.45) is 11.7 Å². The van der Waals surface area contributed by atoms with Crippen LogP contribution in [0.2, 0.25) is 0 Å². The number of anilines is 1. The fraction of sp³-hybridized carbons (Fsp3) is 0.538. The van der Waals surface area contributed by atoms with Crippen LogP contribution in [0.25, 0.3) is 0 Å². The Labute approximate surface area is 103 Å². The Bertz CT molecular complexity index is 377. The van der Waals surface area contributed by atoms with Crippen molar-refractivity contribution in [1.29, 1.82) is 5.26 Å². The molecule has 0 aromatic carbocycles. The van der Waals surface area contributed by atoms with Crippen LogP contribution in [0.3, 0.4) is 0 Å². The smallest absolute Gasteiger partial charge is 0.128 e. The van der Waals surface area contributed by atoms with Crippen LogP contribution in [0.4, 0.5) is 5.82 Å². The highest BCUT2D eigenvalue weighted by atomic mass is 15.2. The molecular weight excluding hydrogens is 212 g/mol. The molecule has 0 aliphatic rings. The Kier molecular flexibility index (Phi) is 4.92. The van der Waals surface area contributed by atoms with Crippen molar-refractivity contribution in [3.8, 4) is 6.07 Å². The second kappa shape index (κ2) is 6.21. The van der Waals surface area contributed by atoms with Gasteiger partial charge in [0.25, 0.3) is 0 Å². The van der Waals surface area contributed by atoms with Gasteiger partial charge in [0.15, 0.2) is 0 Å². The van der Waals surface area contributed by atoms with Crippen LogP contribution in [0.15, 0.2) is 18.3 Å². The molecule has 0 fully saturated rings. The summed E-state index contributed by atoms with van der Waals surface area (Å²) < 4.78 is 0. The fourth-order valence-electron chi connectivity index (χ4n) is 1.61.